The number of benzene rings is 2. The summed E-state index contributed by atoms with van der Waals surface area (Å²) in [6.07, 6.45) is 5.05. The summed E-state index contributed by atoms with van der Waals surface area (Å²) in [6.45, 7) is -0.104. The number of nitrogens with zero attached hydrogens (tertiary/aromatic N) is 1. The van der Waals surface area contributed by atoms with Crippen LogP contribution in [0, 0.1) is 12.3 Å². The first kappa shape index (κ1) is 18.8. The highest BCUT2D eigenvalue weighted by Crippen LogP contribution is 2.29. The van der Waals surface area contributed by atoms with E-state index in [4.69, 9.17) is 11.2 Å². The van der Waals surface area contributed by atoms with Crippen molar-refractivity contribution in [1.29, 1.82) is 0 Å². The predicted molar refractivity (Wildman–Crippen MR) is 105 cm³/mol. The van der Waals surface area contributed by atoms with Gasteiger partial charge in [-0.2, -0.15) is 4.72 Å². The Morgan fingerprint density at radius 2 is 2.00 bits per heavy atom. The first-order chi connectivity index (χ1) is 12.9. The quantitative estimate of drug-likeness (QED) is 0.619. The van der Waals surface area contributed by atoms with Crippen LogP contribution in [-0.2, 0) is 10.0 Å². The van der Waals surface area contributed by atoms with E-state index in [0.29, 0.717) is 16.4 Å². The van der Waals surface area contributed by atoms with Gasteiger partial charge < -0.3 is 4.74 Å². The molecule has 1 heterocycles. The van der Waals surface area contributed by atoms with Crippen molar-refractivity contribution in [2.45, 2.75) is 4.90 Å². The standard InChI is InChI=1S/C18H15N3O4S2/c1-3-10-19-27(23,24)14-7-4-12(5-8-14)17(22)21-18-20-15-9-6-13(25-2)11-16(15)26-18/h1,4-9,11,19H,10H2,2H3,(H,20,21,22). The third kappa shape index (κ3) is 4.25. The lowest BCUT2D eigenvalue weighted by molar-refractivity contribution is 0.102. The largest absolute Gasteiger partial charge is 0.497 e. The number of ether oxygens (including phenoxy) is 1. The molecule has 0 unspecified atom stereocenters. The van der Waals surface area contributed by atoms with E-state index >= 15 is 0 Å². The van der Waals surface area contributed by atoms with Crippen molar-refractivity contribution in [2.75, 3.05) is 19.0 Å². The number of carbonyl (C=O) groups is 1. The number of methoxy groups -OCH3 is 1. The minimum Gasteiger partial charge on any atom is -0.497 e. The van der Waals surface area contributed by atoms with E-state index in [-0.39, 0.29) is 17.3 Å². The number of nitrogens with one attached hydrogen (secondary N) is 2. The minimum absolute atomic E-state index is 0.0291. The smallest absolute Gasteiger partial charge is 0.257 e. The maximum atomic E-state index is 12.4. The Morgan fingerprint density at radius 1 is 1.26 bits per heavy atom. The van der Waals surface area contributed by atoms with E-state index in [0.717, 1.165) is 10.2 Å². The number of hydrogen-bond donors (Lipinski definition) is 2. The van der Waals surface area contributed by atoms with Crippen LogP contribution in [0.2, 0.25) is 0 Å². The highest BCUT2D eigenvalue weighted by Gasteiger charge is 2.15. The van der Waals surface area contributed by atoms with E-state index < -0.39 is 10.0 Å². The van der Waals surface area contributed by atoms with Crippen molar-refractivity contribution in [3.63, 3.8) is 0 Å². The minimum atomic E-state index is -3.69. The summed E-state index contributed by atoms with van der Waals surface area (Å²) in [6, 6.07) is 11.0. The second-order valence-corrected chi connectivity index (χ2v) is 8.16. The van der Waals surface area contributed by atoms with Crippen LogP contribution < -0.4 is 14.8 Å². The van der Waals surface area contributed by atoms with Crippen molar-refractivity contribution in [2.24, 2.45) is 0 Å². The lowest BCUT2D eigenvalue weighted by atomic mass is 10.2. The van der Waals surface area contributed by atoms with Gasteiger partial charge in [0.05, 0.1) is 28.8 Å². The molecule has 0 atom stereocenters. The maximum absolute atomic E-state index is 12.4. The molecule has 9 heteroatoms. The molecule has 2 N–H and O–H groups in total. The number of terminal acetylenes is 1. The van der Waals surface area contributed by atoms with Crippen LogP contribution in [-0.4, -0.2) is 33.0 Å². The monoisotopic (exact) mass is 401 g/mol. The number of fused-ring (bicyclic) bond motifs is 1. The third-order valence-corrected chi connectivity index (χ3v) is 5.96. The molecule has 27 heavy (non-hydrogen) atoms. The fraction of sp³-hybridized carbons (Fsp3) is 0.111. The zero-order valence-corrected chi connectivity index (χ0v) is 15.9. The van der Waals surface area contributed by atoms with Gasteiger partial charge in [-0.05, 0) is 42.5 Å². The molecular formula is C18H15N3O4S2. The average molecular weight is 401 g/mol. The topological polar surface area (TPSA) is 97.4 Å². The summed E-state index contributed by atoms with van der Waals surface area (Å²) < 4.78 is 32.3. The van der Waals surface area contributed by atoms with Crippen LogP contribution in [0.1, 0.15) is 10.4 Å². The Hall–Kier alpha value is -2.93. The van der Waals surface area contributed by atoms with Crippen molar-refractivity contribution >= 4 is 42.6 Å². The Bertz CT molecular complexity index is 1130. The molecule has 0 radical (unpaired) electrons. The van der Waals surface area contributed by atoms with Gasteiger partial charge in [-0.25, -0.2) is 13.4 Å². The number of sulfonamides is 1. The fourth-order valence-corrected chi connectivity index (χ4v) is 4.08. The van der Waals surface area contributed by atoms with Gasteiger partial charge in [0.1, 0.15) is 5.75 Å². The number of carbonyl (C=O) groups excluding carboxylic acids is 1. The van der Waals surface area contributed by atoms with Gasteiger partial charge in [-0.1, -0.05) is 17.3 Å². The molecule has 0 fully saturated rings. The van der Waals surface area contributed by atoms with E-state index in [1.54, 1.807) is 13.2 Å². The van der Waals surface area contributed by atoms with Crippen LogP contribution in [0.5, 0.6) is 5.75 Å². The highest BCUT2D eigenvalue weighted by atomic mass is 32.2. The Balaban J connectivity index is 1.75. The summed E-state index contributed by atoms with van der Waals surface area (Å²) >= 11 is 1.32. The van der Waals surface area contributed by atoms with Gasteiger partial charge in [0.15, 0.2) is 5.13 Å². The molecule has 0 saturated carbocycles. The molecule has 0 spiro atoms. The second-order valence-electron chi connectivity index (χ2n) is 5.36. The average Bonchev–Trinajstić information content (AvgIpc) is 3.07. The number of anilines is 1. The highest BCUT2D eigenvalue weighted by molar-refractivity contribution is 7.89. The van der Waals surface area contributed by atoms with Crippen molar-refractivity contribution in [1.82, 2.24) is 9.71 Å². The van der Waals surface area contributed by atoms with Gasteiger partial charge in [-0.3, -0.25) is 10.1 Å². The van der Waals surface area contributed by atoms with E-state index in [1.165, 1.54) is 35.6 Å². The van der Waals surface area contributed by atoms with Crippen LogP contribution >= 0.6 is 11.3 Å². The van der Waals surface area contributed by atoms with Gasteiger partial charge >= 0.3 is 0 Å². The van der Waals surface area contributed by atoms with Crippen LogP contribution in [0.25, 0.3) is 10.2 Å². The number of amides is 1. The number of hydrogen-bond acceptors (Lipinski definition) is 6. The second kappa shape index (κ2) is 7.75. The fourth-order valence-electron chi connectivity index (χ4n) is 2.26. The van der Waals surface area contributed by atoms with Crippen LogP contribution in [0.3, 0.4) is 0 Å². The Morgan fingerprint density at radius 3 is 2.67 bits per heavy atom. The summed E-state index contributed by atoms with van der Waals surface area (Å²) in [5, 5.41) is 3.15. The molecule has 0 aliphatic carbocycles. The first-order valence-electron chi connectivity index (χ1n) is 7.72. The molecule has 138 valence electrons. The third-order valence-electron chi connectivity index (χ3n) is 3.61. The summed E-state index contributed by atoms with van der Waals surface area (Å²) in [5.74, 6) is 2.52. The summed E-state index contributed by atoms with van der Waals surface area (Å²) in [4.78, 5) is 16.8. The zero-order chi connectivity index (χ0) is 19.4. The van der Waals surface area contributed by atoms with Gasteiger partial charge in [0.2, 0.25) is 10.0 Å². The number of rotatable bonds is 6. The van der Waals surface area contributed by atoms with E-state index in [2.05, 4.69) is 20.9 Å². The van der Waals surface area contributed by atoms with Gasteiger partial charge in [0, 0.05) is 5.56 Å². The molecule has 1 amide bonds. The molecular weight excluding hydrogens is 386 g/mol. The lowest BCUT2D eigenvalue weighted by Crippen LogP contribution is -2.24. The zero-order valence-electron chi connectivity index (χ0n) is 14.2. The number of aromatic nitrogens is 1. The predicted octanol–water partition coefficient (Wildman–Crippen LogP) is 2.47. The molecule has 0 aliphatic rings. The Kier molecular flexibility index (Phi) is 5.41. The van der Waals surface area contributed by atoms with Crippen LogP contribution in [0.15, 0.2) is 47.4 Å². The SMILES string of the molecule is C#CCNS(=O)(=O)c1ccc(C(=O)Nc2nc3ccc(OC)cc3s2)cc1. The summed E-state index contributed by atoms with van der Waals surface area (Å²) in [5.41, 5.74) is 1.06. The van der Waals surface area contributed by atoms with E-state index in [1.807, 2.05) is 12.1 Å². The lowest BCUT2D eigenvalue weighted by Gasteiger charge is -2.05. The molecule has 3 aromatic rings. The normalized spacial score (nSPS) is 11.1. The molecule has 0 aliphatic heterocycles. The maximum Gasteiger partial charge on any atom is 0.257 e. The van der Waals surface area contributed by atoms with Crippen molar-refractivity contribution in [3.8, 4) is 18.1 Å². The molecule has 2 aromatic carbocycles. The molecule has 0 bridgehead atoms. The molecule has 1 aromatic heterocycles. The Labute approximate surface area is 160 Å². The van der Waals surface area contributed by atoms with Gasteiger partial charge in [-0.15, -0.1) is 6.42 Å². The molecule has 3 rings (SSSR count). The molecule has 7 nitrogen and oxygen atoms in total. The van der Waals surface area contributed by atoms with Gasteiger partial charge in [0.25, 0.3) is 5.91 Å². The summed E-state index contributed by atoms with van der Waals surface area (Å²) in [7, 11) is -2.11. The van der Waals surface area contributed by atoms with Crippen LogP contribution in [0.4, 0.5) is 5.13 Å². The molecule has 0 saturated heterocycles. The number of thiazole rings is 1. The van der Waals surface area contributed by atoms with Crippen molar-refractivity contribution in [3.05, 3.63) is 48.0 Å². The van der Waals surface area contributed by atoms with E-state index in [9.17, 15) is 13.2 Å². The van der Waals surface area contributed by atoms with Crippen molar-refractivity contribution < 1.29 is 17.9 Å². The first-order valence-corrected chi connectivity index (χ1v) is 10.0.